The van der Waals surface area contributed by atoms with Crippen molar-refractivity contribution in [2.75, 3.05) is 13.2 Å². The number of aliphatic hydroxyl groups is 1. The van der Waals surface area contributed by atoms with Crippen LogP contribution in [0.15, 0.2) is 0 Å². The van der Waals surface area contributed by atoms with Crippen molar-refractivity contribution in [2.45, 2.75) is 71.2 Å². The van der Waals surface area contributed by atoms with Gasteiger partial charge in [-0.1, -0.05) is 33.1 Å². The minimum absolute atomic E-state index is 0.152. The van der Waals surface area contributed by atoms with E-state index in [0.717, 1.165) is 6.42 Å². The van der Waals surface area contributed by atoms with Gasteiger partial charge >= 0.3 is 0 Å². The first-order valence-corrected chi connectivity index (χ1v) is 7.39. The van der Waals surface area contributed by atoms with Crippen LogP contribution >= 0.6 is 0 Å². The predicted octanol–water partition coefficient (Wildman–Crippen LogP) is 3.11. The zero-order valence-corrected chi connectivity index (χ0v) is 12.1. The van der Waals surface area contributed by atoms with Gasteiger partial charge in [0.15, 0.2) is 5.79 Å². The molecule has 0 aromatic carbocycles. The molecule has 1 atom stereocenters. The summed E-state index contributed by atoms with van der Waals surface area (Å²) in [5.74, 6) is -0.0437. The third kappa shape index (κ3) is 3.25. The Morgan fingerprint density at radius 1 is 1.17 bits per heavy atom. The van der Waals surface area contributed by atoms with E-state index in [1.807, 2.05) is 6.92 Å². The summed E-state index contributed by atoms with van der Waals surface area (Å²) in [6.07, 6.45) is 6.71. The van der Waals surface area contributed by atoms with Crippen molar-refractivity contribution in [2.24, 2.45) is 11.3 Å². The van der Waals surface area contributed by atoms with E-state index < -0.39 is 5.79 Å². The van der Waals surface area contributed by atoms with Gasteiger partial charge in [-0.3, -0.25) is 0 Å². The van der Waals surface area contributed by atoms with Crippen LogP contribution in [0, 0.1) is 11.3 Å². The Morgan fingerprint density at radius 3 is 2.28 bits per heavy atom. The van der Waals surface area contributed by atoms with Crippen molar-refractivity contribution < 1.29 is 14.6 Å². The molecule has 1 N–H and O–H groups in total. The number of aliphatic hydroxyl groups excluding tert-OH is 1. The highest BCUT2D eigenvalue weighted by Gasteiger charge is 2.43. The lowest BCUT2D eigenvalue weighted by Gasteiger charge is -2.41. The standard InChI is InChI=1S/C15H28O3/c1-14(2,11-15(3)17-9-10-18-15)13(16)12-7-5-4-6-8-12/h12-13,16H,4-11H2,1-3H3. The van der Waals surface area contributed by atoms with Crippen LogP contribution in [0.5, 0.6) is 0 Å². The number of ether oxygens (including phenoxy) is 2. The maximum atomic E-state index is 10.7. The van der Waals surface area contributed by atoms with Gasteiger partial charge in [0.1, 0.15) is 0 Å². The van der Waals surface area contributed by atoms with Crippen molar-refractivity contribution in [1.82, 2.24) is 0 Å². The van der Waals surface area contributed by atoms with E-state index in [9.17, 15) is 5.11 Å². The third-order valence-corrected chi connectivity index (χ3v) is 4.57. The van der Waals surface area contributed by atoms with Crippen molar-refractivity contribution >= 4 is 0 Å². The van der Waals surface area contributed by atoms with Crippen LogP contribution in [0.2, 0.25) is 0 Å². The highest BCUT2D eigenvalue weighted by Crippen LogP contribution is 2.41. The molecule has 3 nitrogen and oxygen atoms in total. The van der Waals surface area contributed by atoms with E-state index >= 15 is 0 Å². The van der Waals surface area contributed by atoms with E-state index in [4.69, 9.17) is 9.47 Å². The lowest BCUT2D eigenvalue weighted by molar-refractivity contribution is -0.179. The molecule has 0 radical (unpaired) electrons. The van der Waals surface area contributed by atoms with Gasteiger partial charge in [-0.25, -0.2) is 0 Å². The molecule has 1 unspecified atom stereocenters. The topological polar surface area (TPSA) is 38.7 Å². The van der Waals surface area contributed by atoms with Crippen LogP contribution in [0.25, 0.3) is 0 Å². The molecular formula is C15H28O3. The van der Waals surface area contributed by atoms with E-state index in [0.29, 0.717) is 19.1 Å². The molecule has 106 valence electrons. The fourth-order valence-corrected chi connectivity index (χ4v) is 3.68. The summed E-state index contributed by atoms with van der Waals surface area (Å²) < 4.78 is 11.4. The average Bonchev–Trinajstić information content (AvgIpc) is 2.75. The van der Waals surface area contributed by atoms with E-state index in [-0.39, 0.29) is 11.5 Å². The van der Waals surface area contributed by atoms with Crippen molar-refractivity contribution in [3.8, 4) is 0 Å². The van der Waals surface area contributed by atoms with Gasteiger partial charge in [0.25, 0.3) is 0 Å². The minimum Gasteiger partial charge on any atom is -0.392 e. The highest BCUT2D eigenvalue weighted by molar-refractivity contribution is 4.89. The van der Waals surface area contributed by atoms with Crippen molar-refractivity contribution in [1.29, 1.82) is 0 Å². The van der Waals surface area contributed by atoms with Crippen LogP contribution in [0.4, 0.5) is 0 Å². The Morgan fingerprint density at radius 2 is 1.72 bits per heavy atom. The second kappa shape index (κ2) is 5.48. The highest BCUT2D eigenvalue weighted by atomic mass is 16.7. The van der Waals surface area contributed by atoms with Gasteiger partial charge in [-0.05, 0) is 31.1 Å². The zero-order chi connectivity index (χ0) is 13.2. The fraction of sp³-hybridized carbons (Fsp3) is 1.00. The molecule has 2 fully saturated rings. The van der Waals surface area contributed by atoms with Gasteiger partial charge in [0.05, 0.1) is 19.3 Å². The fourth-order valence-electron chi connectivity index (χ4n) is 3.68. The molecule has 1 saturated heterocycles. The van der Waals surface area contributed by atoms with Gasteiger partial charge in [-0.2, -0.15) is 0 Å². The Labute approximate surface area is 111 Å². The first kappa shape index (κ1) is 14.3. The molecule has 2 rings (SSSR count). The molecule has 1 aliphatic heterocycles. The Hall–Kier alpha value is -0.120. The Balaban J connectivity index is 1.95. The molecule has 0 spiro atoms. The van der Waals surface area contributed by atoms with Crippen molar-refractivity contribution in [3.63, 3.8) is 0 Å². The second-order valence-electron chi connectivity index (χ2n) is 6.84. The summed E-state index contributed by atoms with van der Waals surface area (Å²) in [5.41, 5.74) is -0.152. The Kier molecular flexibility index (Phi) is 4.35. The maximum absolute atomic E-state index is 10.7. The molecule has 2 aliphatic rings. The van der Waals surface area contributed by atoms with Crippen LogP contribution in [0.1, 0.15) is 59.3 Å². The van der Waals surface area contributed by atoms with Gasteiger partial charge < -0.3 is 14.6 Å². The maximum Gasteiger partial charge on any atom is 0.166 e. The predicted molar refractivity (Wildman–Crippen MR) is 71.3 cm³/mol. The Bertz CT molecular complexity index is 263. The van der Waals surface area contributed by atoms with Crippen LogP contribution in [-0.4, -0.2) is 30.2 Å². The monoisotopic (exact) mass is 256 g/mol. The summed E-state index contributed by atoms with van der Waals surface area (Å²) in [5, 5.41) is 10.7. The smallest absolute Gasteiger partial charge is 0.166 e. The lowest BCUT2D eigenvalue weighted by Crippen LogP contribution is -2.43. The van der Waals surface area contributed by atoms with E-state index in [1.54, 1.807) is 0 Å². The summed E-state index contributed by atoms with van der Waals surface area (Å²) in [7, 11) is 0. The third-order valence-electron chi connectivity index (χ3n) is 4.57. The zero-order valence-electron chi connectivity index (χ0n) is 12.1. The summed E-state index contributed by atoms with van der Waals surface area (Å²) in [4.78, 5) is 0. The molecule has 0 amide bonds. The SMILES string of the molecule is CC1(CC(C)(C)C(O)C2CCCCC2)OCCO1. The quantitative estimate of drug-likeness (QED) is 0.840. The molecule has 0 aromatic rings. The van der Waals surface area contributed by atoms with E-state index in [2.05, 4.69) is 13.8 Å². The van der Waals surface area contributed by atoms with Gasteiger partial charge in [0.2, 0.25) is 0 Å². The first-order valence-electron chi connectivity index (χ1n) is 7.39. The van der Waals surface area contributed by atoms with Gasteiger partial charge in [0, 0.05) is 6.42 Å². The largest absolute Gasteiger partial charge is 0.392 e. The molecule has 18 heavy (non-hydrogen) atoms. The number of rotatable bonds is 4. The van der Waals surface area contributed by atoms with Crippen LogP contribution in [0.3, 0.4) is 0 Å². The second-order valence-corrected chi connectivity index (χ2v) is 6.84. The van der Waals surface area contributed by atoms with Crippen LogP contribution in [-0.2, 0) is 9.47 Å². The molecule has 3 heteroatoms. The molecule has 1 heterocycles. The summed E-state index contributed by atoms with van der Waals surface area (Å²) in [6.45, 7) is 7.62. The number of hydrogen-bond acceptors (Lipinski definition) is 3. The number of hydrogen-bond donors (Lipinski definition) is 1. The van der Waals surface area contributed by atoms with Crippen LogP contribution < -0.4 is 0 Å². The average molecular weight is 256 g/mol. The van der Waals surface area contributed by atoms with Gasteiger partial charge in [-0.15, -0.1) is 0 Å². The molecule has 0 aromatic heterocycles. The molecular weight excluding hydrogens is 228 g/mol. The summed E-state index contributed by atoms with van der Waals surface area (Å²) in [6, 6.07) is 0. The first-order chi connectivity index (χ1) is 8.43. The summed E-state index contributed by atoms with van der Waals surface area (Å²) >= 11 is 0. The van der Waals surface area contributed by atoms with E-state index in [1.165, 1.54) is 32.1 Å². The molecule has 0 bridgehead atoms. The van der Waals surface area contributed by atoms with Crippen molar-refractivity contribution in [3.05, 3.63) is 0 Å². The molecule has 1 saturated carbocycles. The normalized spacial score (nSPS) is 27.3. The minimum atomic E-state index is -0.501. The lowest BCUT2D eigenvalue weighted by atomic mass is 9.71. The molecule has 1 aliphatic carbocycles.